The van der Waals surface area contributed by atoms with Gasteiger partial charge in [0.15, 0.2) is 0 Å². The van der Waals surface area contributed by atoms with Gasteiger partial charge >= 0.3 is 0 Å². The molecular weight excluding hydrogens is 269 g/mol. The Kier molecular flexibility index (Phi) is 3.32. The monoisotopic (exact) mass is 283 g/mol. The van der Waals surface area contributed by atoms with Gasteiger partial charge in [-0.25, -0.2) is 12.8 Å². The highest BCUT2D eigenvalue weighted by atomic mass is 32.2. The number of benzene rings is 1. The predicted octanol–water partition coefficient (Wildman–Crippen LogP) is 1.99. The van der Waals surface area contributed by atoms with Crippen molar-refractivity contribution in [3.8, 4) is 0 Å². The van der Waals surface area contributed by atoms with Crippen LogP contribution < -0.4 is 4.31 Å². The van der Waals surface area contributed by atoms with E-state index in [9.17, 15) is 12.8 Å². The Balaban J connectivity index is 2.52. The van der Waals surface area contributed by atoms with E-state index in [0.717, 1.165) is 4.31 Å². The number of nitrogens with one attached hydrogen (secondary N) is 1. The molecule has 0 amide bonds. The molecule has 1 aromatic heterocycles. The van der Waals surface area contributed by atoms with Crippen molar-refractivity contribution in [2.24, 2.45) is 0 Å². The standard InChI is InChI=1S/C12H14FN3O2S/c1-8-12(9(2)15-14-8)19(17,18)16(3)11-6-4-5-10(13)7-11/h4-7H,1-3H3,(H,14,15). The van der Waals surface area contributed by atoms with Gasteiger partial charge in [-0.3, -0.25) is 9.40 Å². The van der Waals surface area contributed by atoms with E-state index in [1.165, 1.54) is 31.3 Å². The Morgan fingerprint density at radius 1 is 1.32 bits per heavy atom. The summed E-state index contributed by atoms with van der Waals surface area (Å²) in [4.78, 5) is 0.124. The van der Waals surface area contributed by atoms with Crippen molar-refractivity contribution in [2.45, 2.75) is 18.7 Å². The van der Waals surface area contributed by atoms with Gasteiger partial charge in [-0.15, -0.1) is 0 Å². The summed E-state index contributed by atoms with van der Waals surface area (Å²) in [6.07, 6.45) is 0. The van der Waals surface area contributed by atoms with Crippen molar-refractivity contribution in [3.63, 3.8) is 0 Å². The normalized spacial score (nSPS) is 11.6. The fraction of sp³-hybridized carbons (Fsp3) is 0.250. The van der Waals surface area contributed by atoms with Gasteiger partial charge < -0.3 is 0 Å². The van der Waals surface area contributed by atoms with Crippen LogP contribution in [0.15, 0.2) is 29.2 Å². The molecule has 0 bridgehead atoms. The molecular formula is C12H14FN3O2S. The fourth-order valence-electron chi connectivity index (χ4n) is 1.87. The van der Waals surface area contributed by atoms with Crippen molar-refractivity contribution >= 4 is 15.7 Å². The third-order valence-corrected chi connectivity index (χ3v) is 4.90. The average molecular weight is 283 g/mol. The fourth-order valence-corrected chi connectivity index (χ4v) is 3.38. The van der Waals surface area contributed by atoms with Gasteiger partial charge in [0.1, 0.15) is 10.7 Å². The zero-order valence-corrected chi connectivity index (χ0v) is 11.6. The Morgan fingerprint density at radius 2 is 2.00 bits per heavy atom. The average Bonchev–Trinajstić information content (AvgIpc) is 2.68. The van der Waals surface area contributed by atoms with Gasteiger partial charge in [0.25, 0.3) is 10.0 Å². The molecule has 0 saturated heterocycles. The number of hydrogen-bond donors (Lipinski definition) is 1. The van der Waals surface area contributed by atoms with E-state index in [0.29, 0.717) is 11.4 Å². The predicted molar refractivity (Wildman–Crippen MR) is 70.1 cm³/mol. The van der Waals surface area contributed by atoms with Crippen LogP contribution in [0, 0.1) is 19.7 Å². The van der Waals surface area contributed by atoms with Gasteiger partial charge in [-0.2, -0.15) is 5.10 Å². The maximum absolute atomic E-state index is 13.2. The number of hydrogen-bond acceptors (Lipinski definition) is 3. The molecule has 1 aromatic carbocycles. The van der Waals surface area contributed by atoms with Crippen LogP contribution in [0.2, 0.25) is 0 Å². The number of aryl methyl sites for hydroxylation is 2. The molecule has 1 heterocycles. The van der Waals surface area contributed by atoms with Crippen LogP contribution >= 0.6 is 0 Å². The summed E-state index contributed by atoms with van der Waals surface area (Å²) in [6.45, 7) is 3.24. The minimum atomic E-state index is -3.75. The molecule has 0 fully saturated rings. The maximum atomic E-state index is 13.2. The van der Waals surface area contributed by atoms with Crippen LogP contribution in [-0.2, 0) is 10.0 Å². The third kappa shape index (κ3) is 2.33. The second-order valence-corrected chi connectivity index (χ2v) is 6.12. The number of sulfonamides is 1. The molecule has 0 spiro atoms. The second-order valence-electron chi connectivity index (χ2n) is 4.22. The summed E-state index contributed by atoms with van der Waals surface area (Å²) < 4.78 is 39.2. The molecule has 102 valence electrons. The van der Waals surface area contributed by atoms with E-state index in [2.05, 4.69) is 10.2 Å². The Hall–Kier alpha value is -1.89. The first-order valence-corrected chi connectivity index (χ1v) is 7.04. The summed E-state index contributed by atoms with van der Waals surface area (Å²) in [5.41, 5.74) is 1.11. The minimum Gasteiger partial charge on any atom is -0.281 e. The van der Waals surface area contributed by atoms with E-state index in [4.69, 9.17) is 0 Å². The summed E-state index contributed by atoms with van der Waals surface area (Å²) in [6, 6.07) is 5.43. The van der Waals surface area contributed by atoms with Crippen LogP contribution in [0.5, 0.6) is 0 Å². The van der Waals surface area contributed by atoms with Crippen molar-refractivity contribution < 1.29 is 12.8 Å². The van der Waals surface area contributed by atoms with E-state index >= 15 is 0 Å². The highest BCUT2D eigenvalue weighted by Crippen LogP contribution is 2.25. The number of H-pyrrole nitrogens is 1. The topological polar surface area (TPSA) is 66.1 Å². The molecule has 0 saturated carbocycles. The lowest BCUT2D eigenvalue weighted by atomic mass is 10.3. The van der Waals surface area contributed by atoms with Crippen molar-refractivity contribution in [2.75, 3.05) is 11.4 Å². The Labute approximate surface area is 111 Å². The van der Waals surface area contributed by atoms with Crippen molar-refractivity contribution in [1.82, 2.24) is 10.2 Å². The first-order chi connectivity index (χ1) is 8.84. The number of halogens is 1. The quantitative estimate of drug-likeness (QED) is 0.936. The number of nitrogens with zero attached hydrogens (tertiary/aromatic N) is 2. The molecule has 0 radical (unpaired) electrons. The van der Waals surface area contributed by atoms with Gasteiger partial charge in [0, 0.05) is 7.05 Å². The van der Waals surface area contributed by atoms with Crippen LogP contribution in [0.25, 0.3) is 0 Å². The molecule has 0 aliphatic heterocycles. The summed E-state index contributed by atoms with van der Waals surface area (Å²) in [7, 11) is -2.37. The lowest BCUT2D eigenvalue weighted by molar-refractivity contribution is 0.593. The molecule has 5 nitrogen and oxygen atoms in total. The lowest BCUT2D eigenvalue weighted by Crippen LogP contribution is -2.27. The zero-order valence-electron chi connectivity index (χ0n) is 10.8. The van der Waals surface area contributed by atoms with Gasteiger partial charge in [-0.05, 0) is 32.0 Å². The second kappa shape index (κ2) is 4.65. The van der Waals surface area contributed by atoms with Crippen LogP contribution in [0.4, 0.5) is 10.1 Å². The Morgan fingerprint density at radius 3 is 2.53 bits per heavy atom. The SMILES string of the molecule is Cc1n[nH]c(C)c1S(=O)(=O)N(C)c1cccc(F)c1. The number of rotatable bonds is 3. The molecule has 0 atom stereocenters. The molecule has 7 heteroatoms. The lowest BCUT2D eigenvalue weighted by Gasteiger charge is -2.19. The molecule has 2 rings (SSSR count). The number of aromatic nitrogens is 2. The third-order valence-electron chi connectivity index (χ3n) is 2.85. The van der Waals surface area contributed by atoms with Gasteiger partial charge in [-0.1, -0.05) is 6.07 Å². The van der Waals surface area contributed by atoms with E-state index < -0.39 is 15.8 Å². The van der Waals surface area contributed by atoms with Crippen LogP contribution in [-0.4, -0.2) is 25.7 Å². The molecule has 0 aliphatic carbocycles. The minimum absolute atomic E-state index is 0.124. The van der Waals surface area contributed by atoms with Crippen LogP contribution in [0.3, 0.4) is 0 Å². The van der Waals surface area contributed by atoms with Gasteiger partial charge in [0.05, 0.1) is 17.1 Å². The number of aromatic amines is 1. The largest absolute Gasteiger partial charge is 0.281 e. The zero-order chi connectivity index (χ0) is 14.2. The summed E-state index contributed by atoms with van der Waals surface area (Å²) >= 11 is 0. The van der Waals surface area contributed by atoms with E-state index in [-0.39, 0.29) is 10.6 Å². The van der Waals surface area contributed by atoms with E-state index in [1.54, 1.807) is 13.8 Å². The first kappa shape index (κ1) is 13.5. The summed E-state index contributed by atoms with van der Waals surface area (Å²) in [5, 5.41) is 6.50. The number of anilines is 1. The first-order valence-electron chi connectivity index (χ1n) is 5.60. The van der Waals surface area contributed by atoms with E-state index in [1.807, 2.05) is 0 Å². The smallest absolute Gasteiger partial charge is 0.267 e. The highest BCUT2D eigenvalue weighted by Gasteiger charge is 2.27. The highest BCUT2D eigenvalue weighted by molar-refractivity contribution is 7.92. The van der Waals surface area contributed by atoms with Crippen molar-refractivity contribution in [1.29, 1.82) is 0 Å². The Bertz CT molecular complexity index is 690. The molecule has 0 aliphatic rings. The molecule has 1 N–H and O–H groups in total. The van der Waals surface area contributed by atoms with Crippen LogP contribution in [0.1, 0.15) is 11.4 Å². The maximum Gasteiger partial charge on any atom is 0.267 e. The summed E-state index contributed by atoms with van der Waals surface area (Å²) in [5.74, 6) is -0.486. The van der Waals surface area contributed by atoms with Crippen molar-refractivity contribution in [3.05, 3.63) is 41.5 Å². The molecule has 19 heavy (non-hydrogen) atoms. The molecule has 2 aromatic rings. The molecule has 0 unspecified atom stereocenters. The van der Waals surface area contributed by atoms with Gasteiger partial charge in [0.2, 0.25) is 0 Å².